The fraction of sp³-hybridized carbons (Fsp3) is 0.378. The first kappa shape index (κ1) is 31.1. The molecule has 1 saturated heterocycles. The highest BCUT2D eigenvalue weighted by atomic mass is 32.1. The molecule has 2 unspecified atom stereocenters. The molecular formula is C37H40N4O5S. The van der Waals surface area contributed by atoms with Crippen LogP contribution in [0, 0.1) is 0 Å². The Morgan fingerprint density at radius 1 is 1.09 bits per heavy atom. The highest BCUT2D eigenvalue weighted by Crippen LogP contribution is 2.58. The molecule has 47 heavy (non-hydrogen) atoms. The van der Waals surface area contributed by atoms with Gasteiger partial charge in [0.05, 0.1) is 12.0 Å². The number of amides is 1. The molecule has 3 aliphatic rings. The molecule has 9 nitrogen and oxygen atoms in total. The van der Waals surface area contributed by atoms with Crippen molar-refractivity contribution >= 4 is 60.8 Å². The number of nitrogens with zero attached hydrogens (tertiary/aromatic N) is 3. The summed E-state index contributed by atoms with van der Waals surface area (Å²) in [7, 11) is 2.14. The van der Waals surface area contributed by atoms with E-state index in [9.17, 15) is 9.59 Å². The molecule has 2 atom stereocenters. The molecule has 10 heteroatoms. The summed E-state index contributed by atoms with van der Waals surface area (Å²) >= 11 is 1.68. The van der Waals surface area contributed by atoms with Crippen LogP contribution in [0.2, 0.25) is 0 Å². The third-order valence-corrected chi connectivity index (χ3v) is 11.1. The Balaban J connectivity index is 1.29. The molecule has 244 valence electrons. The van der Waals surface area contributed by atoms with Gasteiger partial charge in [0.15, 0.2) is 5.84 Å². The summed E-state index contributed by atoms with van der Waals surface area (Å²) in [6.07, 6.45) is 3.69. The van der Waals surface area contributed by atoms with Crippen LogP contribution in [0.25, 0.3) is 20.2 Å². The second kappa shape index (κ2) is 11.9. The quantitative estimate of drug-likeness (QED) is 0.130. The SMILES string of the molecule is C=C(C)C(=O)OCCNC(=O)Oc1ccc2sc3ccc4c(c3c2c1)N=C(N1CCCCC1)C1(O4)N(C)c2ccccc2C1(C)CC. The van der Waals surface area contributed by atoms with Crippen molar-refractivity contribution in [3.63, 3.8) is 0 Å². The molecule has 1 N–H and O–H groups in total. The molecule has 1 spiro atoms. The Hall–Kier alpha value is -4.57. The summed E-state index contributed by atoms with van der Waals surface area (Å²) in [5, 5.41) is 4.57. The summed E-state index contributed by atoms with van der Waals surface area (Å²) in [6.45, 7) is 11.7. The zero-order chi connectivity index (χ0) is 32.9. The van der Waals surface area contributed by atoms with E-state index < -0.39 is 17.8 Å². The van der Waals surface area contributed by atoms with Gasteiger partial charge in [0.25, 0.3) is 5.72 Å². The second-order valence-electron chi connectivity index (χ2n) is 12.8. The lowest BCUT2D eigenvalue weighted by Gasteiger charge is -2.52. The monoisotopic (exact) mass is 652 g/mol. The first-order valence-electron chi connectivity index (χ1n) is 16.3. The normalized spacial score (nSPS) is 21.7. The third kappa shape index (κ3) is 4.92. The molecule has 7 rings (SSSR count). The Bertz CT molecular complexity index is 1950. The van der Waals surface area contributed by atoms with Crippen molar-refractivity contribution in [1.29, 1.82) is 0 Å². The third-order valence-electron chi connectivity index (χ3n) is 9.93. The fourth-order valence-electron chi connectivity index (χ4n) is 7.37. The lowest BCUT2D eigenvalue weighted by molar-refractivity contribution is -0.138. The first-order chi connectivity index (χ1) is 22.7. The Kier molecular flexibility index (Phi) is 7.86. The van der Waals surface area contributed by atoms with Crippen molar-refractivity contribution in [3.8, 4) is 11.5 Å². The van der Waals surface area contributed by atoms with E-state index in [0.717, 1.165) is 69.8 Å². The van der Waals surface area contributed by atoms with Crippen LogP contribution in [-0.4, -0.2) is 61.8 Å². The minimum atomic E-state index is -0.819. The number of para-hydroxylation sites is 1. The number of rotatable bonds is 6. The van der Waals surface area contributed by atoms with Crippen LogP contribution in [-0.2, 0) is 14.9 Å². The van der Waals surface area contributed by atoms with Gasteiger partial charge in [-0.05, 0) is 81.5 Å². The van der Waals surface area contributed by atoms with E-state index in [2.05, 4.69) is 79.0 Å². The molecular weight excluding hydrogens is 612 g/mol. The van der Waals surface area contributed by atoms with E-state index in [1.807, 2.05) is 12.1 Å². The van der Waals surface area contributed by atoms with E-state index in [-0.39, 0.29) is 18.6 Å². The number of carbonyl (C=O) groups excluding carboxylic acids is 2. The number of thiophene rings is 1. The van der Waals surface area contributed by atoms with Crippen LogP contribution in [0.1, 0.15) is 52.0 Å². The van der Waals surface area contributed by atoms with Crippen LogP contribution in [0.15, 0.2) is 71.7 Å². The second-order valence-corrected chi connectivity index (χ2v) is 13.9. The van der Waals surface area contributed by atoms with E-state index in [0.29, 0.717) is 11.3 Å². The number of hydrogen-bond acceptors (Lipinski definition) is 9. The van der Waals surface area contributed by atoms with Crippen LogP contribution in [0.5, 0.6) is 11.5 Å². The van der Waals surface area contributed by atoms with Crippen molar-refractivity contribution in [2.45, 2.75) is 57.6 Å². The molecule has 1 aromatic heterocycles. The van der Waals surface area contributed by atoms with Gasteiger partial charge < -0.3 is 29.3 Å². The van der Waals surface area contributed by atoms with Gasteiger partial charge in [-0.15, -0.1) is 11.3 Å². The number of likely N-dealkylation sites (N-methyl/N-ethyl adjacent to an activating group) is 1. The van der Waals surface area contributed by atoms with Crippen molar-refractivity contribution in [3.05, 3.63) is 72.3 Å². The number of carbonyl (C=O) groups is 2. The van der Waals surface area contributed by atoms with E-state index >= 15 is 0 Å². The van der Waals surface area contributed by atoms with Crippen molar-refractivity contribution in [2.75, 3.05) is 38.2 Å². The summed E-state index contributed by atoms with van der Waals surface area (Å²) in [5.74, 6) is 1.61. The lowest BCUT2D eigenvalue weighted by Crippen LogP contribution is -2.69. The minimum absolute atomic E-state index is 0.0251. The van der Waals surface area contributed by atoms with Gasteiger partial charge in [0.2, 0.25) is 0 Å². The van der Waals surface area contributed by atoms with Crippen molar-refractivity contribution < 1.29 is 23.8 Å². The largest absolute Gasteiger partial charge is 0.460 e. The summed E-state index contributed by atoms with van der Waals surface area (Å²) in [4.78, 5) is 34.6. The molecule has 0 radical (unpaired) electrons. The number of aliphatic imine (C=N–C) groups is 1. The summed E-state index contributed by atoms with van der Waals surface area (Å²) < 4.78 is 20.2. The standard InChI is InChI=1S/C37H40N4O5S/c1-6-36(4)26-12-8-9-13-27(26)40(5)37(36)34(41-19-10-7-11-20-41)39-32-28(46-37)15-17-30-31(32)25-22-24(14-16-29(25)47-30)45-35(43)38-18-21-44-33(42)23(2)3/h8-9,12-17,22H,2,6-7,10-11,18-21H2,1,3-5H3,(H,38,43). The Labute approximate surface area is 278 Å². The van der Waals surface area contributed by atoms with Gasteiger partial charge in [-0.2, -0.15) is 0 Å². The van der Waals surface area contributed by atoms with E-state index in [1.54, 1.807) is 24.3 Å². The Morgan fingerprint density at radius 3 is 2.62 bits per heavy atom. The maximum Gasteiger partial charge on any atom is 0.412 e. The highest BCUT2D eigenvalue weighted by Gasteiger charge is 2.65. The number of hydrogen-bond donors (Lipinski definition) is 1. The number of ether oxygens (including phenoxy) is 3. The van der Waals surface area contributed by atoms with Crippen LogP contribution >= 0.6 is 11.3 Å². The number of piperidine rings is 1. The van der Waals surface area contributed by atoms with Crippen LogP contribution in [0.3, 0.4) is 0 Å². The number of anilines is 1. The molecule has 3 aromatic carbocycles. The summed E-state index contributed by atoms with van der Waals surface area (Å²) in [5.41, 5.74) is 2.38. The predicted octanol–water partition coefficient (Wildman–Crippen LogP) is 7.68. The average molecular weight is 653 g/mol. The maximum absolute atomic E-state index is 12.6. The fourth-order valence-corrected chi connectivity index (χ4v) is 8.46. The van der Waals surface area contributed by atoms with Crippen LogP contribution in [0.4, 0.5) is 16.2 Å². The molecule has 4 heterocycles. The van der Waals surface area contributed by atoms with Crippen LogP contribution < -0.4 is 19.7 Å². The topological polar surface area (TPSA) is 92.7 Å². The molecule has 0 saturated carbocycles. The molecule has 0 aliphatic carbocycles. The lowest BCUT2D eigenvalue weighted by atomic mass is 9.72. The van der Waals surface area contributed by atoms with E-state index in [1.165, 1.54) is 17.7 Å². The molecule has 0 bridgehead atoms. The average Bonchev–Trinajstić information content (AvgIpc) is 3.54. The van der Waals surface area contributed by atoms with Gasteiger partial charge in [-0.3, -0.25) is 0 Å². The molecule has 1 amide bonds. The number of esters is 1. The van der Waals surface area contributed by atoms with Crippen molar-refractivity contribution in [1.82, 2.24) is 10.2 Å². The number of amidine groups is 1. The summed E-state index contributed by atoms with van der Waals surface area (Å²) in [6, 6.07) is 18.5. The van der Waals surface area contributed by atoms with Gasteiger partial charge >= 0.3 is 12.1 Å². The van der Waals surface area contributed by atoms with E-state index in [4.69, 9.17) is 19.2 Å². The Morgan fingerprint density at radius 2 is 1.85 bits per heavy atom. The smallest absolute Gasteiger partial charge is 0.412 e. The van der Waals surface area contributed by atoms with Gasteiger partial charge in [-0.1, -0.05) is 31.7 Å². The molecule has 1 fully saturated rings. The van der Waals surface area contributed by atoms with Gasteiger partial charge in [0, 0.05) is 51.6 Å². The maximum atomic E-state index is 12.6. The number of fused-ring (bicyclic) bond motifs is 6. The van der Waals surface area contributed by atoms with Gasteiger partial charge in [-0.25, -0.2) is 14.6 Å². The number of nitrogens with one attached hydrogen (secondary N) is 1. The van der Waals surface area contributed by atoms with Gasteiger partial charge in [0.1, 0.15) is 23.8 Å². The number of likely N-dealkylation sites (tertiary alicyclic amines) is 1. The zero-order valence-electron chi connectivity index (χ0n) is 27.4. The number of benzene rings is 3. The van der Waals surface area contributed by atoms with Crippen molar-refractivity contribution in [2.24, 2.45) is 4.99 Å². The zero-order valence-corrected chi connectivity index (χ0v) is 28.2. The predicted molar refractivity (Wildman–Crippen MR) is 187 cm³/mol. The molecule has 3 aliphatic heterocycles. The first-order valence-corrected chi connectivity index (χ1v) is 17.1. The highest BCUT2D eigenvalue weighted by molar-refractivity contribution is 7.26. The molecule has 4 aromatic rings. The minimum Gasteiger partial charge on any atom is -0.460 e.